The number of hydrogen-bond donors (Lipinski definition) is 0. The van der Waals surface area contributed by atoms with Crippen molar-refractivity contribution in [3.05, 3.63) is 24.3 Å². The van der Waals surface area contributed by atoms with Crippen LogP contribution in [0.5, 0.6) is 11.5 Å². The van der Waals surface area contributed by atoms with E-state index in [-0.39, 0.29) is 0 Å². The Kier molecular flexibility index (Phi) is 1.91. The van der Waals surface area contributed by atoms with Crippen molar-refractivity contribution in [1.29, 1.82) is 0 Å². The van der Waals surface area contributed by atoms with Crippen molar-refractivity contribution < 1.29 is 9.47 Å². The molecule has 0 saturated carbocycles. The topological polar surface area (TPSA) is 18.5 Å². The Bertz CT molecular complexity index is 282. The minimum Gasteiger partial charge on any atom is -0.449 e. The Morgan fingerprint density at radius 3 is 2.15 bits per heavy atom. The molecule has 1 heterocycles. The number of ether oxygens (including phenoxy) is 2. The van der Waals surface area contributed by atoms with Crippen LogP contribution in [0, 0.1) is 0 Å². The molecule has 2 heteroatoms. The highest BCUT2D eigenvalue weighted by atomic mass is 16.7. The molecule has 1 aromatic rings. The van der Waals surface area contributed by atoms with E-state index >= 15 is 0 Å². The maximum atomic E-state index is 5.71. The Morgan fingerprint density at radius 2 is 1.69 bits per heavy atom. The molecule has 70 valence electrons. The molecule has 1 aliphatic heterocycles. The molecule has 2 nitrogen and oxygen atoms in total. The van der Waals surface area contributed by atoms with E-state index in [1.807, 2.05) is 31.2 Å². The molecular formula is C11H14O2. The Labute approximate surface area is 78.5 Å². The second kappa shape index (κ2) is 2.95. The summed E-state index contributed by atoms with van der Waals surface area (Å²) in [6, 6.07) is 7.80. The average molecular weight is 178 g/mol. The highest BCUT2D eigenvalue weighted by Crippen LogP contribution is 2.40. The quantitative estimate of drug-likeness (QED) is 0.693. The van der Waals surface area contributed by atoms with Crippen LogP contribution in [0.3, 0.4) is 0 Å². The first-order chi connectivity index (χ1) is 6.23. The van der Waals surface area contributed by atoms with Crippen LogP contribution in [0.25, 0.3) is 0 Å². The van der Waals surface area contributed by atoms with Crippen LogP contribution in [-0.2, 0) is 0 Å². The van der Waals surface area contributed by atoms with E-state index in [2.05, 4.69) is 6.92 Å². The summed E-state index contributed by atoms with van der Waals surface area (Å²) in [4.78, 5) is 0. The Hall–Kier alpha value is -1.18. The van der Waals surface area contributed by atoms with Crippen molar-refractivity contribution >= 4 is 0 Å². The molecule has 0 spiro atoms. The predicted molar refractivity (Wildman–Crippen MR) is 51.0 cm³/mol. The molecule has 0 bridgehead atoms. The van der Waals surface area contributed by atoms with Gasteiger partial charge in [-0.15, -0.1) is 0 Å². The molecule has 0 saturated heterocycles. The fourth-order valence-corrected chi connectivity index (χ4v) is 1.66. The van der Waals surface area contributed by atoms with Gasteiger partial charge in [0.05, 0.1) is 0 Å². The molecule has 0 amide bonds. The highest BCUT2D eigenvalue weighted by Gasteiger charge is 2.35. The zero-order valence-electron chi connectivity index (χ0n) is 8.04. The minimum atomic E-state index is -0.446. The van der Waals surface area contributed by atoms with Crippen LogP contribution in [0.15, 0.2) is 24.3 Å². The normalized spacial score (nSPS) is 17.4. The summed E-state index contributed by atoms with van der Waals surface area (Å²) in [5.41, 5.74) is 0. The van der Waals surface area contributed by atoms with E-state index in [0.29, 0.717) is 0 Å². The van der Waals surface area contributed by atoms with Gasteiger partial charge in [-0.1, -0.05) is 19.1 Å². The van der Waals surface area contributed by atoms with Gasteiger partial charge in [-0.25, -0.2) is 0 Å². The van der Waals surface area contributed by atoms with Gasteiger partial charge in [0, 0.05) is 13.3 Å². The van der Waals surface area contributed by atoms with Gasteiger partial charge < -0.3 is 9.47 Å². The molecule has 0 aromatic heterocycles. The van der Waals surface area contributed by atoms with Crippen molar-refractivity contribution in [2.24, 2.45) is 0 Å². The van der Waals surface area contributed by atoms with Gasteiger partial charge >= 0.3 is 0 Å². The monoisotopic (exact) mass is 178 g/mol. The van der Waals surface area contributed by atoms with E-state index in [4.69, 9.17) is 9.47 Å². The molecule has 0 N–H and O–H groups in total. The Morgan fingerprint density at radius 1 is 1.15 bits per heavy atom. The molecule has 0 aliphatic carbocycles. The third-order valence-corrected chi connectivity index (χ3v) is 2.20. The fraction of sp³-hybridized carbons (Fsp3) is 0.455. The summed E-state index contributed by atoms with van der Waals surface area (Å²) in [6.07, 6.45) is 1.98. The minimum absolute atomic E-state index is 0.446. The molecular weight excluding hydrogens is 164 g/mol. The van der Waals surface area contributed by atoms with E-state index in [1.54, 1.807) is 0 Å². The predicted octanol–water partition coefficient (Wildman–Crippen LogP) is 2.97. The lowest BCUT2D eigenvalue weighted by molar-refractivity contribution is -0.0683. The van der Waals surface area contributed by atoms with Gasteiger partial charge in [-0.05, 0) is 18.6 Å². The zero-order valence-corrected chi connectivity index (χ0v) is 8.04. The number of para-hydroxylation sites is 2. The largest absolute Gasteiger partial charge is 0.449 e. The molecule has 13 heavy (non-hydrogen) atoms. The van der Waals surface area contributed by atoms with E-state index < -0.39 is 5.79 Å². The van der Waals surface area contributed by atoms with Crippen LogP contribution < -0.4 is 9.47 Å². The van der Waals surface area contributed by atoms with Crippen molar-refractivity contribution in [2.75, 3.05) is 0 Å². The zero-order chi connectivity index (χ0) is 9.31. The summed E-state index contributed by atoms with van der Waals surface area (Å²) >= 11 is 0. The first-order valence-corrected chi connectivity index (χ1v) is 4.70. The molecule has 0 unspecified atom stereocenters. The lowest BCUT2D eigenvalue weighted by atomic mass is 10.2. The summed E-state index contributed by atoms with van der Waals surface area (Å²) in [6.45, 7) is 4.11. The summed E-state index contributed by atoms with van der Waals surface area (Å²) in [5, 5.41) is 0. The maximum absolute atomic E-state index is 5.71. The van der Waals surface area contributed by atoms with Crippen molar-refractivity contribution in [1.82, 2.24) is 0 Å². The van der Waals surface area contributed by atoms with E-state index in [1.165, 1.54) is 0 Å². The molecule has 0 fully saturated rings. The second-order valence-corrected chi connectivity index (χ2v) is 3.53. The summed E-state index contributed by atoms with van der Waals surface area (Å²) in [5.74, 6) is 1.27. The van der Waals surface area contributed by atoms with Gasteiger partial charge in [-0.2, -0.15) is 0 Å². The SMILES string of the molecule is CCCC1(C)Oc2ccccc2O1. The molecule has 0 atom stereocenters. The molecule has 0 radical (unpaired) electrons. The highest BCUT2D eigenvalue weighted by molar-refractivity contribution is 5.42. The third kappa shape index (κ3) is 1.48. The Balaban J connectivity index is 2.21. The van der Waals surface area contributed by atoms with Gasteiger partial charge in [-0.3, -0.25) is 0 Å². The summed E-state index contributed by atoms with van der Waals surface area (Å²) < 4.78 is 11.4. The van der Waals surface area contributed by atoms with Crippen LogP contribution in [-0.4, -0.2) is 5.79 Å². The average Bonchev–Trinajstić information content (AvgIpc) is 2.40. The van der Waals surface area contributed by atoms with Crippen LogP contribution in [0.2, 0.25) is 0 Å². The molecule has 1 aliphatic rings. The number of benzene rings is 1. The van der Waals surface area contributed by atoms with E-state index in [9.17, 15) is 0 Å². The fourth-order valence-electron chi connectivity index (χ4n) is 1.66. The van der Waals surface area contributed by atoms with E-state index in [0.717, 1.165) is 24.3 Å². The van der Waals surface area contributed by atoms with Crippen molar-refractivity contribution in [3.8, 4) is 11.5 Å². The van der Waals surface area contributed by atoms with Crippen molar-refractivity contribution in [3.63, 3.8) is 0 Å². The second-order valence-electron chi connectivity index (χ2n) is 3.53. The van der Waals surface area contributed by atoms with Gasteiger partial charge in [0.1, 0.15) is 0 Å². The van der Waals surface area contributed by atoms with Crippen molar-refractivity contribution in [2.45, 2.75) is 32.5 Å². The molecule has 1 aromatic carbocycles. The first-order valence-electron chi connectivity index (χ1n) is 4.70. The molecule has 2 rings (SSSR count). The van der Waals surface area contributed by atoms with Crippen LogP contribution in [0.1, 0.15) is 26.7 Å². The van der Waals surface area contributed by atoms with Gasteiger partial charge in [0.15, 0.2) is 11.5 Å². The van der Waals surface area contributed by atoms with Crippen LogP contribution in [0.4, 0.5) is 0 Å². The number of fused-ring (bicyclic) bond motifs is 1. The lowest BCUT2D eigenvalue weighted by Gasteiger charge is -2.21. The van der Waals surface area contributed by atoms with Gasteiger partial charge in [0.2, 0.25) is 5.79 Å². The number of rotatable bonds is 2. The van der Waals surface area contributed by atoms with Crippen LogP contribution >= 0.6 is 0 Å². The maximum Gasteiger partial charge on any atom is 0.248 e. The third-order valence-electron chi connectivity index (χ3n) is 2.20. The number of hydrogen-bond acceptors (Lipinski definition) is 2. The smallest absolute Gasteiger partial charge is 0.248 e. The summed E-state index contributed by atoms with van der Waals surface area (Å²) in [7, 11) is 0. The first kappa shape index (κ1) is 8.42. The standard InChI is InChI=1S/C11H14O2/c1-3-8-11(2)12-9-6-4-5-7-10(9)13-11/h4-7H,3,8H2,1-2H3. The lowest BCUT2D eigenvalue weighted by Crippen LogP contribution is -2.34. The van der Waals surface area contributed by atoms with Gasteiger partial charge in [0.25, 0.3) is 0 Å².